The van der Waals surface area contributed by atoms with Gasteiger partial charge in [-0.25, -0.2) is 0 Å². The second-order valence-electron chi connectivity index (χ2n) is 33.2. The first-order valence-corrected chi connectivity index (χ1v) is 43.9. The Morgan fingerprint density at radius 1 is 0.305 bits per heavy atom. The maximum atomic E-state index is 11.3. The fourth-order valence-electron chi connectivity index (χ4n) is 16.0. The van der Waals surface area contributed by atoms with Gasteiger partial charge in [-0.05, 0) is 153 Å². The third-order valence-corrected chi connectivity index (χ3v) is 30.6. The number of allylic oxidation sites excluding steroid dienone is 2. The first-order chi connectivity index (χ1) is 56.4. The Hall–Kier alpha value is -2.38. The Morgan fingerprint density at radius 2 is 0.453 bits per heavy atom. The predicted molar refractivity (Wildman–Crippen MR) is 411 cm³/mol. The van der Waals surface area contributed by atoms with Gasteiger partial charge >= 0.3 is 111 Å². The molecule has 745 valence electrons. The average Bonchev–Trinajstić information content (AvgIpc) is 0.751. The van der Waals surface area contributed by atoms with Crippen molar-refractivity contribution in [2.75, 3.05) is 0 Å². The fraction of sp³-hybridized carbons (Fsp3) is 0.815. The van der Waals surface area contributed by atoms with Crippen molar-refractivity contribution in [3.63, 3.8) is 0 Å². The topological polar surface area (TPSA) is 119 Å². The summed E-state index contributed by atoms with van der Waals surface area (Å²) in [6.07, 6.45) is -34.4. The number of nitrogens with zero attached hydrogens (tertiary/aromatic N) is 2. The Bertz CT molecular complexity index is 3040. The molecule has 6 aliphatic rings. The number of rotatable bonds is 14. The molecule has 6 nitrogen and oxygen atoms in total. The zero-order valence-electron chi connectivity index (χ0n) is 73.5. The van der Waals surface area contributed by atoms with Crippen LogP contribution >= 0.6 is 15.8 Å². The van der Waals surface area contributed by atoms with Crippen LogP contribution in [0.25, 0.3) is 5.32 Å². The van der Waals surface area contributed by atoms with E-state index < -0.39 is 96.5 Å². The number of aliphatic imine (C=N–C) groups is 1. The Morgan fingerprint density at radius 3 is 0.586 bits per heavy atom. The van der Waals surface area contributed by atoms with Crippen molar-refractivity contribution in [3.8, 4) is 0 Å². The van der Waals surface area contributed by atoms with Crippen molar-refractivity contribution in [1.82, 2.24) is 0 Å². The van der Waals surface area contributed by atoms with Crippen LogP contribution in [-0.4, -0.2) is 173 Å². The molecule has 0 aliphatic heterocycles. The summed E-state index contributed by atoms with van der Waals surface area (Å²) in [4.78, 5) is 5.08. The maximum absolute atomic E-state index is 11.3. The second kappa shape index (κ2) is 51.3. The zero-order chi connectivity index (χ0) is 97.1. The van der Waals surface area contributed by atoms with Gasteiger partial charge in [-0.15, -0.1) is 5.69 Å². The summed E-state index contributed by atoms with van der Waals surface area (Å²) in [6, 6.07) is 13.1. The molecule has 0 atom stereocenters. The van der Waals surface area contributed by atoms with Crippen LogP contribution in [-0.2, 0) is 19.5 Å². The zero-order valence-corrected chi connectivity index (χ0v) is 78.5. The summed E-state index contributed by atoms with van der Waals surface area (Å²) < 4.78 is 408. The molecule has 47 heteroatoms. The molecule has 0 unspecified atom stereocenters. The Kier molecular flexibility index (Phi) is 51.2. The Labute approximate surface area is 763 Å². The number of hydrogen-bond acceptors (Lipinski definition) is 5. The molecule has 0 aromatic heterocycles. The Balaban J connectivity index is -0.000000724. The molecule has 0 amide bonds. The van der Waals surface area contributed by atoms with Crippen LogP contribution in [0.5, 0.6) is 0 Å². The van der Waals surface area contributed by atoms with Gasteiger partial charge < -0.3 is 28.6 Å². The van der Waals surface area contributed by atoms with E-state index in [2.05, 4.69) is 112 Å². The van der Waals surface area contributed by atoms with Gasteiger partial charge in [-0.1, -0.05) is 247 Å². The summed E-state index contributed by atoms with van der Waals surface area (Å²) in [5.41, 5.74) is -11.2. The molecule has 6 saturated carbocycles. The summed E-state index contributed by atoms with van der Waals surface area (Å²) in [5, 5.41) is 44.2. The fourth-order valence-corrected chi connectivity index (χ4v) is 25.3. The maximum Gasteiger partial charge on any atom is 3.00 e. The average molecular weight is 2120 g/mol. The van der Waals surface area contributed by atoms with E-state index in [0.717, 1.165) is 22.8 Å². The standard InChI is InChI=1S/C29H41N2.2C18H33P.4C4F9O.Al.Ga.Rh.2H/c1-18(2)24-13-11-14-25(19(3)4)28(24)30-22(9)17-23(10)31-29-26(20(5)6)15-12-16-27(29)21(7)8;2*1-4-10-16(11-5-1)19(17-12-6-2-7-13-17)18-14-8-3-9-15-18;4*5-2(6,7)1(14,3(8,9)10)4(11,12)13;;;;;/h11-21H,1-10H3;2*16-18H,1-15H2;;;;;;;;;/q-1;;;4*-1;+3;;+3;2*-1/b22-17-,31-23?;;;;;;;;;;;. The van der Waals surface area contributed by atoms with E-state index in [1.54, 1.807) is 154 Å². The van der Waals surface area contributed by atoms with Crippen molar-refractivity contribution < 1.29 is 201 Å². The van der Waals surface area contributed by atoms with Crippen molar-refractivity contribution >= 4 is 70.1 Å². The van der Waals surface area contributed by atoms with Gasteiger partial charge in [0, 0.05) is 25.5 Å². The molecule has 3 radical (unpaired) electrons. The molecule has 2 aromatic carbocycles. The van der Waals surface area contributed by atoms with Crippen molar-refractivity contribution in [2.45, 2.75) is 416 Å². The molecule has 0 bridgehead atoms. The molecule has 128 heavy (non-hydrogen) atoms. The smallest absolute Gasteiger partial charge is 1.00 e. The molecule has 0 spiro atoms. The van der Waals surface area contributed by atoms with Gasteiger partial charge in [0.2, 0.25) is 0 Å². The van der Waals surface area contributed by atoms with Gasteiger partial charge in [0.15, 0.2) is 22.4 Å². The van der Waals surface area contributed by atoms with E-state index in [9.17, 15) is 178 Å². The van der Waals surface area contributed by atoms with Crippen molar-refractivity contribution in [2.24, 2.45) is 4.99 Å². The molecule has 2 aromatic rings. The molecule has 6 fully saturated rings. The van der Waals surface area contributed by atoms with E-state index in [1.807, 2.05) is 0 Å². The first-order valence-electron chi connectivity index (χ1n) is 40.8. The summed E-state index contributed by atoms with van der Waals surface area (Å²) in [7, 11) is 0.770. The van der Waals surface area contributed by atoms with E-state index in [0.29, 0.717) is 39.5 Å². The van der Waals surface area contributed by atoms with Crippen molar-refractivity contribution in [3.05, 3.63) is 75.7 Å². The minimum atomic E-state index is -6.98. The van der Waals surface area contributed by atoms with Crippen LogP contribution in [0.4, 0.5) is 169 Å². The van der Waals surface area contributed by atoms with Crippen LogP contribution < -0.4 is 20.4 Å². The molecule has 8 rings (SSSR count). The minimum Gasteiger partial charge on any atom is -1.00 e. The number of hydrogen-bond donors (Lipinski definition) is 0. The van der Waals surface area contributed by atoms with Crippen molar-refractivity contribution in [1.29, 1.82) is 0 Å². The number of benzene rings is 2. The number of para-hydroxylation sites is 2. The SMILES string of the molecule is C1CCC(P(C2CCCCC2)C2CCCCC2)CC1.C1CCC(P(C2CCCCC2)C2CCCCC2)CC1.CC(/C=C(/C)[N-]c1c(C(C)C)cccc1C(C)C)=Nc1c(C(C)C)cccc1C(C)C.[Al+3].[Ga].[H-].[H-].[O-]C(C(F)(F)F)(C(F)(F)F)C(F)(F)F.[O-]C(C(F)(F)F)(C(F)(F)F)C(F)(F)F.[O-]C(C(F)(F)F)(C(F)(F)F)C(F)(F)F.[O-]C(C(F)(F)F)(C(F)(F)F)C(F)(F)F.[Rh+3]. The second-order valence-corrected chi connectivity index (χ2v) is 39.4. The minimum absolute atomic E-state index is 0. The van der Waals surface area contributed by atoms with Gasteiger partial charge in [0.25, 0.3) is 0 Å². The third-order valence-electron chi connectivity index (χ3n) is 22.4. The van der Waals surface area contributed by atoms with E-state index >= 15 is 0 Å². The normalized spacial score (nSPS) is 18.7. The van der Waals surface area contributed by atoms with Crippen LogP contribution in [0.3, 0.4) is 0 Å². The van der Waals surface area contributed by atoms with Crippen LogP contribution in [0, 0.1) is 0 Å². The molecular weight excluding hydrogens is 2010 g/mol. The van der Waals surface area contributed by atoms with Crippen LogP contribution in [0.2, 0.25) is 0 Å². The molecule has 6 aliphatic carbocycles. The van der Waals surface area contributed by atoms with Crippen LogP contribution in [0.1, 0.15) is 311 Å². The molecule has 0 saturated heterocycles. The predicted octanol–water partition coefficient (Wildman–Crippen LogP) is 29.4. The van der Waals surface area contributed by atoms with Gasteiger partial charge in [-0.3, -0.25) is 4.99 Å². The van der Waals surface area contributed by atoms with Crippen LogP contribution in [0.15, 0.2) is 53.2 Å². The molecular formula is C81H109AlF36GaN2O4P2Rh-. The van der Waals surface area contributed by atoms with Gasteiger partial charge in [-0.2, -0.15) is 164 Å². The quantitative estimate of drug-likeness (QED) is 0.0810. The number of alkyl halides is 36. The molecule has 0 N–H and O–H groups in total. The van der Waals surface area contributed by atoms with E-state index in [4.69, 9.17) is 10.3 Å². The third kappa shape index (κ3) is 34.1. The first kappa shape index (κ1) is 128. The van der Waals surface area contributed by atoms with E-state index in [-0.39, 0.29) is 59.5 Å². The van der Waals surface area contributed by atoms with Gasteiger partial charge in [0.1, 0.15) is 0 Å². The summed E-state index contributed by atoms with van der Waals surface area (Å²) >= 11 is 0. The summed E-state index contributed by atoms with van der Waals surface area (Å²) in [5.74, 6) is 1.75. The monoisotopic (exact) mass is 2120 g/mol. The van der Waals surface area contributed by atoms with Gasteiger partial charge in [0.05, 0.1) is 5.69 Å². The van der Waals surface area contributed by atoms with E-state index in [1.165, 1.54) is 94.7 Å². The number of halogens is 36. The largest absolute Gasteiger partial charge is 3.00 e. The summed E-state index contributed by atoms with van der Waals surface area (Å²) in [6.45, 7) is 22.1. The molecule has 0 heterocycles.